The van der Waals surface area contributed by atoms with Gasteiger partial charge >= 0.3 is 0 Å². The van der Waals surface area contributed by atoms with Crippen molar-refractivity contribution in [3.8, 4) is 11.5 Å². The highest BCUT2D eigenvalue weighted by atomic mass is 16.3. The lowest BCUT2D eigenvalue weighted by Crippen LogP contribution is -2.43. The number of hydrogen-bond donors (Lipinski definition) is 2. The van der Waals surface area contributed by atoms with Gasteiger partial charge in [-0.1, -0.05) is 30.3 Å². The maximum Gasteiger partial charge on any atom is 0.128 e. The van der Waals surface area contributed by atoms with Crippen LogP contribution in [-0.4, -0.2) is 52.5 Å². The van der Waals surface area contributed by atoms with Gasteiger partial charge in [0.25, 0.3) is 0 Å². The van der Waals surface area contributed by atoms with Crippen molar-refractivity contribution >= 4 is 6.21 Å². The molecule has 1 aliphatic rings. The molecular weight excluding hydrogens is 290 g/mol. The first-order valence-corrected chi connectivity index (χ1v) is 7.78. The predicted molar refractivity (Wildman–Crippen MR) is 90.7 cm³/mol. The van der Waals surface area contributed by atoms with Gasteiger partial charge in [0.05, 0.1) is 6.21 Å². The molecule has 0 amide bonds. The number of benzene rings is 2. The Bertz CT molecular complexity index is 665. The molecule has 0 atom stereocenters. The fraction of sp³-hybridized carbons (Fsp3) is 0.278. The number of phenolic OH excluding ortho intramolecular Hbond substituents is 2. The first kappa shape index (κ1) is 15.4. The Morgan fingerprint density at radius 3 is 2.39 bits per heavy atom. The minimum Gasteiger partial charge on any atom is -0.508 e. The van der Waals surface area contributed by atoms with Crippen LogP contribution in [0.1, 0.15) is 11.1 Å². The van der Waals surface area contributed by atoms with Crippen molar-refractivity contribution in [2.45, 2.75) is 6.54 Å². The molecule has 0 bridgehead atoms. The quantitative estimate of drug-likeness (QED) is 0.850. The molecule has 5 nitrogen and oxygen atoms in total. The van der Waals surface area contributed by atoms with Gasteiger partial charge in [-0.25, -0.2) is 0 Å². The largest absolute Gasteiger partial charge is 0.508 e. The van der Waals surface area contributed by atoms with Crippen LogP contribution in [0.3, 0.4) is 0 Å². The van der Waals surface area contributed by atoms with Crippen LogP contribution in [0.4, 0.5) is 0 Å². The maximum absolute atomic E-state index is 9.75. The minimum atomic E-state index is 0.0384. The van der Waals surface area contributed by atoms with Crippen molar-refractivity contribution in [3.63, 3.8) is 0 Å². The number of piperazine rings is 1. The fourth-order valence-corrected chi connectivity index (χ4v) is 2.64. The summed E-state index contributed by atoms with van der Waals surface area (Å²) < 4.78 is 0. The summed E-state index contributed by atoms with van der Waals surface area (Å²) in [6, 6.07) is 15.0. The van der Waals surface area contributed by atoms with Crippen LogP contribution in [0, 0.1) is 0 Å². The zero-order valence-electron chi connectivity index (χ0n) is 13.0. The van der Waals surface area contributed by atoms with E-state index in [1.165, 1.54) is 11.6 Å². The maximum atomic E-state index is 9.75. The number of phenols is 2. The van der Waals surface area contributed by atoms with Crippen LogP contribution in [0.2, 0.25) is 0 Å². The van der Waals surface area contributed by atoms with E-state index < -0.39 is 0 Å². The average Bonchev–Trinajstić information content (AvgIpc) is 2.56. The fourth-order valence-electron chi connectivity index (χ4n) is 2.64. The highest BCUT2D eigenvalue weighted by Crippen LogP contribution is 2.21. The van der Waals surface area contributed by atoms with E-state index in [0.29, 0.717) is 5.56 Å². The smallest absolute Gasteiger partial charge is 0.128 e. The highest BCUT2D eigenvalue weighted by molar-refractivity contribution is 5.83. The molecule has 2 aromatic carbocycles. The van der Waals surface area contributed by atoms with E-state index in [-0.39, 0.29) is 11.5 Å². The molecule has 3 rings (SSSR count). The second-order valence-corrected chi connectivity index (χ2v) is 5.70. The van der Waals surface area contributed by atoms with Gasteiger partial charge in [-0.15, -0.1) is 0 Å². The Morgan fingerprint density at radius 1 is 0.957 bits per heavy atom. The first-order valence-electron chi connectivity index (χ1n) is 7.78. The zero-order chi connectivity index (χ0) is 16.1. The van der Waals surface area contributed by atoms with Gasteiger partial charge < -0.3 is 10.2 Å². The lowest BCUT2D eigenvalue weighted by Gasteiger charge is -2.33. The van der Waals surface area contributed by atoms with Gasteiger partial charge in [-0.05, 0) is 17.7 Å². The Hall–Kier alpha value is -2.53. The molecule has 1 heterocycles. The molecule has 23 heavy (non-hydrogen) atoms. The van der Waals surface area contributed by atoms with Gasteiger partial charge in [-0.2, -0.15) is 5.10 Å². The summed E-state index contributed by atoms with van der Waals surface area (Å²) in [5.41, 5.74) is 1.94. The Balaban J connectivity index is 1.52. The molecule has 0 aromatic heterocycles. The monoisotopic (exact) mass is 311 g/mol. The van der Waals surface area contributed by atoms with Crippen LogP contribution in [0.5, 0.6) is 11.5 Å². The summed E-state index contributed by atoms with van der Waals surface area (Å²) in [5, 5.41) is 25.5. The van der Waals surface area contributed by atoms with Crippen LogP contribution in [-0.2, 0) is 6.54 Å². The lowest BCUT2D eigenvalue weighted by atomic mass is 10.2. The van der Waals surface area contributed by atoms with Gasteiger partial charge in [0.1, 0.15) is 11.5 Å². The Morgan fingerprint density at radius 2 is 1.70 bits per heavy atom. The Labute approximate surface area is 136 Å². The third-order valence-electron chi connectivity index (χ3n) is 3.97. The number of nitrogens with zero attached hydrogens (tertiary/aromatic N) is 3. The summed E-state index contributed by atoms with van der Waals surface area (Å²) in [6.07, 6.45) is 1.64. The van der Waals surface area contributed by atoms with Gasteiger partial charge in [0.15, 0.2) is 0 Å². The van der Waals surface area contributed by atoms with Crippen LogP contribution >= 0.6 is 0 Å². The van der Waals surface area contributed by atoms with Gasteiger partial charge in [0, 0.05) is 44.4 Å². The zero-order valence-corrected chi connectivity index (χ0v) is 13.0. The average molecular weight is 311 g/mol. The molecule has 1 saturated heterocycles. The van der Waals surface area contributed by atoms with E-state index in [4.69, 9.17) is 0 Å². The van der Waals surface area contributed by atoms with Gasteiger partial charge in [-0.3, -0.25) is 9.91 Å². The summed E-state index contributed by atoms with van der Waals surface area (Å²) in [5.74, 6) is 0.0886. The second kappa shape index (κ2) is 7.15. The second-order valence-electron chi connectivity index (χ2n) is 5.70. The van der Waals surface area contributed by atoms with Crippen molar-refractivity contribution in [3.05, 3.63) is 59.7 Å². The minimum absolute atomic E-state index is 0.0384. The third kappa shape index (κ3) is 4.23. The molecule has 0 unspecified atom stereocenters. The van der Waals surface area contributed by atoms with Crippen molar-refractivity contribution in [2.24, 2.45) is 5.10 Å². The summed E-state index contributed by atoms with van der Waals surface area (Å²) in [6.45, 7) is 4.63. The molecule has 0 radical (unpaired) electrons. The van der Waals surface area contributed by atoms with Crippen LogP contribution in [0.15, 0.2) is 53.6 Å². The van der Waals surface area contributed by atoms with Crippen LogP contribution < -0.4 is 0 Å². The van der Waals surface area contributed by atoms with Crippen molar-refractivity contribution < 1.29 is 10.2 Å². The lowest BCUT2D eigenvalue weighted by molar-refractivity contribution is 0.131. The molecule has 0 aliphatic carbocycles. The Kier molecular flexibility index (Phi) is 4.78. The van der Waals surface area contributed by atoms with Crippen molar-refractivity contribution in [2.75, 3.05) is 26.2 Å². The topological polar surface area (TPSA) is 59.3 Å². The summed E-state index contributed by atoms with van der Waals surface area (Å²) in [4.78, 5) is 2.42. The number of rotatable bonds is 4. The van der Waals surface area contributed by atoms with Crippen LogP contribution in [0.25, 0.3) is 0 Å². The van der Waals surface area contributed by atoms with E-state index in [9.17, 15) is 10.2 Å². The molecule has 1 fully saturated rings. The highest BCUT2D eigenvalue weighted by Gasteiger charge is 2.15. The predicted octanol–water partition coefficient (Wildman–Crippen LogP) is 2.25. The van der Waals surface area contributed by atoms with Gasteiger partial charge in [0.2, 0.25) is 0 Å². The van der Waals surface area contributed by atoms with E-state index in [1.54, 1.807) is 18.3 Å². The molecule has 0 saturated carbocycles. The SMILES string of the molecule is Oc1ccc(/C=N/N2CCN(Cc3ccccc3)CC2)c(O)c1. The standard InChI is InChI=1S/C18H21N3O2/c22-17-7-6-16(18(23)12-17)13-19-21-10-8-20(9-11-21)14-15-4-2-1-3-5-15/h1-7,12-13,22-23H,8-11,14H2/b19-13+. The van der Waals surface area contributed by atoms with E-state index in [2.05, 4.69) is 34.3 Å². The molecule has 2 aromatic rings. The third-order valence-corrected chi connectivity index (χ3v) is 3.97. The summed E-state index contributed by atoms with van der Waals surface area (Å²) in [7, 11) is 0. The normalized spacial score (nSPS) is 16.1. The van der Waals surface area contributed by atoms with Crippen molar-refractivity contribution in [1.82, 2.24) is 9.91 Å². The molecule has 0 spiro atoms. The van der Waals surface area contributed by atoms with Crippen molar-refractivity contribution in [1.29, 1.82) is 0 Å². The molecule has 2 N–H and O–H groups in total. The first-order chi connectivity index (χ1) is 11.2. The molecule has 5 heteroatoms. The molecule has 1 aliphatic heterocycles. The molecule has 120 valence electrons. The number of aromatic hydroxyl groups is 2. The van der Waals surface area contributed by atoms with E-state index in [1.807, 2.05) is 11.1 Å². The van der Waals surface area contributed by atoms with E-state index >= 15 is 0 Å². The summed E-state index contributed by atoms with van der Waals surface area (Å²) >= 11 is 0. The molecular formula is C18H21N3O2. The number of hydrogen-bond acceptors (Lipinski definition) is 5. The van der Waals surface area contributed by atoms with E-state index in [0.717, 1.165) is 32.7 Å². The number of hydrazone groups is 1.